The summed E-state index contributed by atoms with van der Waals surface area (Å²) in [5.74, 6) is 1.54. The molecule has 1 aromatic carbocycles. The molecule has 3 heterocycles. The standard InChI is InChI=1S/C19H23NO4S/c21-15(10-20-7-1-3-16(20)19-4-2-8-25-19)12-22-11-14-5-6-17-18(9-14)24-13-23-17/h2,4-6,8-9,15-16,21H,1,3,7,10-13H2/t15-,16-/m0/s1. The van der Waals surface area contributed by atoms with Crippen LogP contribution in [0.4, 0.5) is 0 Å². The predicted octanol–water partition coefficient (Wildman–Crippen LogP) is 3.19. The van der Waals surface area contributed by atoms with Gasteiger partial charge in [-0.15, -0.1) is 11.3 Å². The average molecular weight is 361 g/mol. The lowest BCUT2D eigenvalue weighted by atomic mass is 10.2. The normalized spacial score (nSPS) is 20.9. The van der Waals surface area contributed by atoms with E-state index in [-0.39, 0.29) is 6.79 Å². The molecule has 0 spiro atoms. The molecule has 6 heteroatoms. The van der Waals surface area contributed by atoms with E-state index in [4.69, 9.17) is 14.2 Å². The first-order valence-electron chi connectivity index (χ1n) is 8.71. The maximum Gasteiger partial charge on any atom is 0.231 e. The zero-order valence-electron chi connectivity index (χ0n) is 14.1. The van der Waals surface area contributed by atoms with Crippen molar-refractivity contribution in [2.24, 2.45) is 0 Å². The average Bonchev–Trinajstić information content (AvgIpc) is 3.35. The number of β-amino-alcohol motifs (C(OH)–C–C–N with tert-alkyl or cyclic N) is 1. The van der Waals surface area contributed by atoms with Crippen LogP contribution in [0.3, 0.4) is 0 Å². The molecule has 0 bridgehead atoms. The maximum atomic E-state index is 10.3. The Morgan fingerprint density at radius 3 is 3.08 bits per heavy atom. The van der Waals surface area contributed by atoms with E-state index in [1.165, 1.54) is 17.7 Å². The fourth-order valence-electron chi connectivity index (χ4n) is 3.51. The molecular weight excluding hydrogens is 338 g/mol. The zero-order valence-corrected chi connectivity index (χ0v) is 14.9. The van der Waals surface area contributed by atoms with Gasteiger partial charge in [0, 0.05) is 17.5 Å². The first-order chi connectivity index (χ1) is 12.3. The molecule has 4 rings (SSSR count). The number of ether oxygens (including phenoxy) is 3. The molecule has 25 heavy (non-hydrogen) atoms. The van der Waals surface area contributed by atoms with Crippen molar-refractivity contribution in [3.63, 3.8) is 0 Å². The van der Waals surface area contributed by atoms with Crippen molar-refractivity contribution in [1.82, 2.24) is 4.90 Å². The van der Waals surface area contributed by atoms with Crippen LogP contribution in [-0.4, -0.2) is 42.6 Å². The second-order valence-corrected chi connectivity index (χ2v) is 7.50. The molecule has 0 unspecified atom stereocenters. The number of nitrogens with zero attached hydrogens (tertiary/aromatic N) is 1. The van der Waals surface area contributed by atoms with Gasteiger partial charge in [0.05, 0.1) is 19.3 Å². The summed E-state index contributed by atoms with van der Waals surface area (Å²) >= 11 is 1.80. The fourth-order valence-corrected chi connectivity index (χ4v) is 4.41. The van der Waals surface area contributed by atoms with E-state index in [0.717, 1.165) is 23.6 Å². The van der Waals surface area contributed by atoms with Gasteiger partial charge < -0.3 is 19.3 Å². The Kier molecular flexibility index (Phi) is 5.22. The van der Waals surface area contributed by atoms with Crippen LogP contribution >= 0.6 is 11.3 Å². The molecule has 1 saturated heterocycles. The summed E-state index contributed by atoms with van der Waals surface area (Å²) in [4.78, 5) is 3.77. The summed E-state index contributed by atoms with van der Waals surface area (Å²) in [5, 5.41) is 12.5. The van der Waals surface area contributed by atoms with Crippen molar-refractivity contribution in [2.75, 3.05) is 26.5 Å². The first kappa shape index (κ1) is 16.8. The second-order valence-electron chi connectivity index (χ2n) is 6.52. The van der Waals surface area contributed by atoms with Gasteiger partial charge in [-0.3, -0.25) is 4.90 Å². The number of aliphatic hydroxyl groups excluding tert-OH is 1. The van der Waals surface area contributed by atoms with Crippen molar-refractivity contribution in [3.8, 4) is 11.5 Å². The Morgan fingerprint density at radius 2 is 2.20 bits per heavy atom. The third-order valence-electron chi connectivity index (χ3n) is 4.70. The second kappa shape index (κ2) is 7.74. The molecule has 0 radical (unpaired) electrons. The number of hydrogen-bond acceptors (Lipinski definition) is 6. The molecule has 2 aromatic rings. The number of rotatable bonds is 7. The molecule has 2 aliphatic rings. The van der Waals surface area contributed by atoms with Crippen molar-refractivity contribution >= 4 is 11.3 Å². The third kappa shape index (κ3) is 3.98. The van der Waals surface area contributed by atoms with Crippen LogP contribution in [-0.2, 0) is 11.3 Å². The number of thiophene rings is 1. The number of likely N-dealkylation sites (tertiary alicyclic amines) is 1. The number of fused-ring (bicyclic) bond motifs is 1. The quantitative estimate of drug-likeness (QED) is 0.821. The van der Waals surface area contributed by atoms with Crippen LogP contribution < -0.4 is 9.47 Å². The Labute approximate surface area is 151 Å². The molecule has 0 saturated carbocycles. The van der Waals surface area contributed by atoms with E-state index in [1.54, 1.807) is 11.3 Å². The van der Waals surface area contributed by atoms with Gasteiger partial charge in [-0.2, -0.15) is 0 Å². The molecule has 1 fully saturated rings. The van der Waals surface area contributed by atoms with Crippen LogP contribution in [0.2, 0.25) is 0 Å². The lowest BCUT2D eigenvalue weighted by molar-refractivity contribution is 0.00789. The highest BCUT2D eigenvalue weighted by Gasteiger charge is 2.28. The molecule has 1 aromatic heterocycles. The molecule has 2 atom stereocenters. The number of benzene rings is 1. The lowest BCUT2D eigenvalue weighted by Crippen LogP contribution is -2.34. The van der Waals surface area contributed by atoms with Gasteiger partial charge >= 0.3 is 0 Å². The monoisotopic (exact) mass is 361 g/mol. The van der Waals surface area contributed by atoms with Crippen LogP contribution in [0.25, 0.3) is 0 Å². The minimum absolute atomic E-state index is 0.277. The highest BCUT2D eigenvalue weighted by Crippen LogP contribution is 2.34. The van der Waals surface area contributed by atoms with E-state index in [2.05, 4.69) is 22.4 Å². The van der Waals surface area contributed by atoms with Crippen LogP contribution in [0, 0.1) is 0 Å². The lowest BCUT2D eigenvalue weighted by Gasteiger charge is -2.26. The summed E-state index contributed by atoms with van der Waals surface area (Å²) in [6.45, 7) is 2.77. The first-order valence-corrected chi connectivity index (χ1v) is 9.59. The molecule has 0 aliphatic carbocycles. The molecule has 134 valence electrons. The summed E-state index contributed by atoms with van der Waals surface area (Å²) in [6, 6.07) is 10.5. The van der Waals surface area contributed by atoms with Crippen molar-refractivity contribution < 1.29 is 19.3 Å². The van der Waals surface area contributed by atoms with E-state index in [1.807, 2.05) is 18.2 Å². The number of hydrogen-bond donors (Lipinski definition) is 1. The highest BCUT2D eigenvalue weighted by molar-refractivity contribution is 7.10. The summed E-state index contributed by atoms with van der Waals surface area (Å²) in [7, 11) is 0. The summed E-state index contributed by atoms with van der Waals surface area (Å²) in [6.07, 6.45) is 1.88. The van der Waals surface area contributed by atoms with Gasteiger partial charge in [-0.1, -0.05) is 12.1 Å². The van der Waals surface area contributed by atoms with Gasteiger partial charge in [-0.05, 0) is 48.5 Å². The number of aliphatic hydroxyl groups is 1. The highest BCUT2D eigenvalue weighted by atomic mass is 32.1. The van der Waals surface area contributed by atoms with Gasteiger partial charge in [0.15, 0.2) is 11.5 Å². The molecule has 0 amide bonds. The van der Waals surface area contributed by atoms with Crippen molar-refractivity contribution in [2.45, 2.75) is 31.6 Å². The van der Waals surface area contributed by atoms with Gasteiger partial charge in [-0.25, -0.2) is 0 Å². The SMILES string of the molecule is O[C@H](COCc1ccc2c(c1)OCO2)CN1CCC[C@H]1c1cccs1. The summed E-state index contributed by atoms with van der Waals surface area (Å²) < 4.78 is 16.4. The van der Waals surface area contributed by atoms with Crippen LogP contribution in [0.15, 0.2) is 35.7 Å². The Hall–Kier alpha value is -1.60. The van der Waals surface area contributed by atoms with Crippen LogP contribution in [0.1, 0.15) is 29.3 Å². The molecule has 1 N–H and O–H groups in total. The fraction of sp³-hybridized carbons (Fsp3) is 0.474. The molecular formula is C19H23NO4S. The predicted molar refractivity (Wildman–Crippen MR) is 96.1 cm³/mol. The summed E-state index contributed by atoms with van der Waals surface area (Å²) in [5.41, 5.74) is 1.02. The maximum absolute atomic E-state index is 10.3. The van der Waals surface area contributed by atoms with E-state index in [0.29, 0.717) is 25.8 Å². The van der Waals surface area contributed by atoms with Crippen LogP contribution in [0.5, 0.6) is 11.5 Å². The Morgan fingerprint density at radius 1 is 1.28 bits per heavy atom. The Bertz CT molecular complexity index is 691. The minimum atomic E-state index is -0.477. The molecule has 2 aliphatic heterocycles. The molecule has 5 nitrogen and oxygen atoms in total. The Balaban J connectivity index is 1.24. The largest absolute Gasteiger partial charge is 0.454 e. The van der Waals surface area contributed by atoms with E-state index >= 15 is 0 Å². The van der Waals surface area contributed by atoms with Crippen molar-refractivity contribution in [1.29, 1.82) is 0 Å². The van der Waals surface area contributed by atoms with E-state index < -0.39 is 6.10 Å². The van der Waals surface area contributed by atoms with Gasteiger partial charge in [0.2, 0.25) is 6.79 Å². The van der Waals surface area contributed by atoms with Crippen molar-refractivity contribution in [3.05, 3.63) is 46.2 Å². The smallest absolute Gasteiger partial charge is 0.231 e. The van der Waals surface area contributed by atoms with Gasteiger partial charge in [0.1, 0.15) is 0 Å². The third-order valence-corrected chi connectivity index (χ3v) is 5.67. The minimum Gasteiger partial charge on any atom is -0.454 e. The topological polar surface area (TPSA) is 51.2 Å². The van der Waals surface area contributed by atoms with Gasteiger partial charge in [0.25, 0.3) is 0 Å². The zero-order chi connectivity index (χ0) is 17.1. The van der Waals surface area contributed by atoms with E-state index in [9.17, 15) is 5.11 Å².